The molecule has 0 heterocycles. The molecule has 0 saturated heterocycles. The summed E-state index contributed by atoms with van der Waals surface area (Å²) >= 11 is 1.80. The number of aliphatic hydroxyl groups is 2. The molecule has 0 aromatic rings. The molecule has 0 fully saturated rings. The summed E-state index contributed by atoms with van der Waals surface area (Å²) in [7, 11) is 0. The van der Waals surface area contributed by atoms with Gasteiger partial charge in [-0.05, 0) is 19.1 Å². The topological polar surface area (TPSA) is 71.0 Å². The first-order valence-electron chi connectivity index (χ1n) is 6.54. The lowest BCUT2D eigenvalue weighted by Crippen LogP contribution is -2.32. The van der Waals surface area contributed by atoms with Crippen LogP contribution in [0.5, 0.6) is 0 Å². The van der Waals surface area contributed by atoms with E-state index in [-0.39, 0.29) is 6.61 Å². The van der Waals surface area contributed by atoms with Gasteiger partial charge in [-0.2, -0.15) is 11.8 Å². The van der Waals surface area contributed by atoms with Crippen molar-refractivity contribution in [1.82, 2.24) is 5.32 Å². The number of ether oxygens (including phenoxy) is 2. The Labute approximate surface area is 114 Å². The smallest absolute Gasteiger partial charge is 0.0897 e. The Morgan fingerprint density at radius 3 is 2.72 bits per heavy atom. The fraction of sp³-hybridized carbons (Fsp3) is 1.00. The van der Waals surface area contributed by atoms with Crippen molar-refractivity contribution < 1.29 is 19.7 Å². The normalized spacial score (nSPS) is 12.8. The van der Waals surface area contributed by atoms with Gasteiger partial charge in [-0.1, -0.05) is 0 Å². The summed E-state index contributed by atoms with van der Waals surface area (Å²) in [6.07, 6.45) is 0.384. The summed E-state index contributed by atoms with van der Waals surface area (Å²) in [5.74, 6) is 1.99. The summed E-state index contributed by atoms with van der Waals surface area (Å²) in [5.41, 5.74) is 0. The highest BCUT2D eigenvalue weighted by Gasteiger charge is 2.03. The highest BCUT2D eigenvalue weighted by Crippen LogP contribution is 1.99. The van der Waals surface area contributed by atoms with Gasteiger partial charge in [0, 0.05) is 32.1 Å². The maximum absolute atomic E-state index is 9.58. The van der Waals surface area contributed by atoms with Crippen LogP contribution in [0.4, 0.5) is 0 Å². The second-order valence-corrected chi connectivity index (χ2v) is 5.04. The van der Waals surface area contributed by atoms with Crippen LogP contribution in [0, 0.1) is 0 Å². The molecule has 0 rings (SSSR count). The number of aliphatic hydroxyl groups excluding tert-OH is 2. The standard InChI is InChI=1S/C12H27NO4S/c1-2-16-6-7-17-11-12(15)10-13-4-9-18-8-3-5-14/h12-15H,2-11H2,1H3. The van der Waals surface area contributed by atoms with Crippen molar-refractivity contribution in [2.75, 3.05) is 57.6 Å². The maximum atomic E-state index is 9.58. The van der Waals surface area contributed by atoms with Crippen LogP contribution in [0.2, 0.25) is 0 Å². The van der Waals surface area contributed by atoms with Crippen molar-refractivity contribution in [2.24, 2.45) is 0 Å². The van der Waals surface area contributed by atoms with E-state index in [1.807, 2.05) is 6.92 Å². The molecule has 0 aliphatic heterocycles. The molecule has 0 amide bonds. The Kier molecular flexibility index (Phi) is 15.3. The van der Waals surface area contributed by atoms with Crippen molar-refractivity contribution in [2.45, 2.75) is 19.4 Å². The third-order valence-corrected chi connectivity index (χ3v) is 3.21. The Balaban J connectivity index is 3.09. The summed E-state index contributed by atoms with van der Waals surface area (Å²) in [6, 6.07) is 0. The van der Waals surface area contributed by atoms with E-state index in [0.29, 0.717) is 33.0 Å². The molecule has 1 unspecified atom stereocenters. The predicted octanol–water partition coefficient (Wildman–Crippen LogP) is 0.106. The number of hydrogen-bond donors (Lipinski definition) is 3. The second-order valence-electron chi connectivity index (χ2n) is 3.82. The highest BCUT2D eigenvalue weighted by molar-refractivity contribution is 7.99. The molecule has 5 nitrogen and oxygen atoms in total. The van der Waals surface area contributed by atoms with Gasteiger partial charge < -0.3 is 25.0 Å². The van der Waals surface area contributed by atoms with Gasteiger partial charge >= 0.3 is 0 Å². The van der Waals surface area contributed by atoms with Crippen LogP contribution in [0.25, 0.3) is 0 Å². The van der Waals surface area contributed by atoms with Crippen LogP contribution in [-0.2, 0) is 9.47 Å². The number of hydrogen-bond acceptors (Lipinski definition) is 6. The Morgan fingerprint density at radius 2 is 2.00 bits per heavy atom. The fourth-order valence-corrected chi connectivity index (χ4v) is 2.05. The molecule has 0 saturated carbocycles. The molecule has 0 aromatic carbocycles. The minimum absolute atomic E-state index is 0.262. The number of rotatable bonds is 14. The first kappa shape index (κ1) is 18.1. The Morgan fingerprint density at radius 1 is 1.22 bits per heavy atom. The van der Waals surface area contributed by atoms with Crippen molar-refractivity contribution in [3.63, 3.8) is 0 Å². The molecule has 0 radical (unpaired) electrons. The lowest BCUT2D eigenvalue weighted by atomic mass is 10.4. The van der Waals surface area contributed by atoms with E-state index >= 15 is 0 Å². The van der Waals surface area contributed by atoms with E-state index in [4.69, 9.17) is 14.6 Å². The van der Waals surface area contributed by atoms with Crippen molar-refractivity contribution in [3.8, 4) is 0 Å². The zero-order valence-electron chi connectivity index (χ0n) is 11.3. The molecule has 0 aromatic heterocycles. The summed E-state index contributed by atoms with van der Waals surface area (Å²) < 4.78 is 10.4. The molecule has 6 heteroatoms. The Bertz CT molecular complexity index is 163. The molecule has 1 atom stereocenters. The van der Waals surface area contributed by atoms with E-state index in [2.05, 4.69) is 5.32 Å². The predicted molar refractivity (Wildman–Crippen MR) is 75.2 cm³/mol. The van der Waals surface area contributed by atoms with Crippen molar-refractivity contribution in [1.29, 1.82) is 0 Å². The van der Waals surface area contributed by atoms with Crippen LogP contribution in [0.15, 0.2) is 0 Å². The van der Waals surface area contributed by atoms with Gasteiger partial charge in [-0.25, -0.2) is 0 Å². The van der Waals surface area contributed by atoms with Crippen LogP contribution >= 0.6 is 11.8 Å². The maximum Gasteiger partial charge on any atom is 0.0897 e. The Hall–Kier alpha value is 0.150. The van der Waals surface area contributed by atoms with Crippen LogP contribution in [0.3, 0.4) is 0 Å². The van der Waals surface area contributed by atoms with E-state index < -0.39 is 6.10 Å². The van der Waals surface area contributed by atoms with E-state index in [1.165, 1.54) is 0 Å². The summed E-state index contributed by atoms with van der Waals surface area (Å²) in [6.45, 7) is 5.77. The molecule has 0 aliphatic rings. The average Bonchev–Trinajstić information content (AvgIpc) is 2.37. The summed E-state index contributed by atoms with van der Waals surface area (Å²) in [5, 5.41) is 21.3. The van der Waals surface area contributed by atoms with Crippen LogP contribution < -0.4 is 5.32 Å². The van der Waals surface area contributed by atoms with E-state index in [0.717, 1.165) is 24.5 Å². The number of nitrogens with one attached hydrogen (secondary N) is 1. The molecule has 3 N–H and O–H groups in total. The second kappa shape index (κ2) is 15.2. The lowest BCUT2D eigenvalue weighted by Gasteiger charge is -2.12. The molecule has 0 bridgehead atoms. The zero-order chi connectivity index (χ0) is 13.5. The van der Waals surface area contributed by atoms with E-state index in [9.17, 15) is 5.11 Å². The molecule has 0 aliphatic carbocycles. The van der Waals surface area contributed by atoms with Gasteiger partial charge in [0.05, 0.1) is 25.9 Å². The summed E-state index contributed by atoms with van der Waals surface area (Å²) in [4.78, 5) is 0. The fourth-order valence-electron chi connectivity index (χ4n) is 1.22. The quantitative estimate of drug-likeness (QED) is 0.393. The van der Waals surface area contributed by atoms with Crippen LogP contribution in [-0.4, -0.2) is 73.9 Å². The van der Waals surface area contributed by atoms with Gasteiger partial charge in [0.1, 0.15) is 0 Å². The largest absolute Gasteiger partial charge is 0.396 e. The molecule has 18 heavy (non-hydrogen) atoms. The third kappa shape index (κ3) is 14.2. The van der Waals surface area contributed by atoms with Gasteiger partial charge in [0.15, 0.2) is 0 Å². The minimum atomic E-state index is -0.464. The monoisotopic (exact) mass is 281 g/mol. The van der Waals surface area contributed by atoms with Crippen molar-refractivity contribution in [3.05, 3.63) is 0 Å². The van der Waals surface area contributed by atoms with Crippen LogP contribution in [0.1, 0.15) is 13.3 Å². The molecular formula is C12H27NO4S. The minimum Gasteiger partial charge on any atom is -0.396 e. The number of thioether (sulfide) groups is 1. The van der Waals surface area contributed by atoms with Gasteiger partial charge in [0.25, 0.3) is 0 Å². The zero-order valence-corrected chi connectivity index (χ0v) is 12.1. The van der Waals surface area contributed by atoms with Gasteiger partial charge in [-0.15, -0.1) is 0 Å². The molecule has 110 valence electrons. The SMILES string of the molecule is CCOCCOCC(O)CNCCSCCCO. The third-order valence-electron chi connectivity index (χ3n) is 2.14. The lowest BCUT2D eigenvalue weighted by molar-refractivity contribution is 0.00669. The van der Waals surface area contributed by atoms with E-state index in [1.54, 1.807) is 11.8 Å². The highest BCUT2D eigenvalue weighted by atomic mass is 32.2. The molecular weight excluding hydrogens is 254 g/mol. The van der Waals surface area contributed by atoms with Gasteiger partial charge in [-0.3, -0.25) is 0 Å². The first-order valence-corrected chi connectivity index (χ1v) is 7.69. The molecule has 0 spiro atoms. The first-order chi connectivity index (χ1) is 8.81. The van der Waals surface area contributed by atoms with Crippen molar-refractivity contribution >= 4 is 11.8 Å². The van der Waals surface area contributed by atoms with Gasteiger partial charge in [0.2, 0.25) is 0 Å². The average molecular weight is 281 g/mol.